The molecule has 3 unspecified atom stereocenters. The first-order valence-electron chi connectivity index (χ1n) is 8.47. The first-order chi connectivity index (χ1) is 10.4. The van der Waals surface area contributed by atoms with Crippen molar-refractivity contribution in [2.24, 2.45) is 5.92 Å². The molecule has 0 radical (unpaired) electrons. The maximum Gasteiger partial charge on any atom is 0.0187 e. The standard InChI is InChI=1S/C20H28I2/c1-4-18(19(21)14-20(2,3)22)17-12-10-16(11-13-17)15-8-6-5-7-9-15/h5-9,12,16,18-19H,4,10-11,13-14H2,1-3H3. The van der Waals surface area contributed by atoms with Crippen LogP contribution in [0, 0.1) is 5.92 Å². The SMILES string of the molecule is CCC(C1=CCC(c2ccccc2)CC1)C(I)CC(C)(C)I. The van der Waals surface area contributed by atoms with Crippen LogP contribution in [0.5, 0.6) is 0 Å². The highest BCUT2D eigenvalue weighted by Crippen LogP contribution is 2.40. The van der Waals surface area contributed by atoms with E-state index in [2.05, 4.69) is 102 Å². The zero-order chi connectivity index (χ0) is 16.2. The molecule has 0 nitrogen and oxygen atoms in total. The van der Waals surface area contributed by atoms with Gasteiger partial charge in [0.25, 0.3) is 0 Å². The lowest BCUT2D eigenvalue weighted by atomic mass is 9.78. The average Bonchev–Trinajstić information content (AvgIpc) is 2.48. The second-order valence-electron chi connectivity index (χ2n) is 7.11. The molecule has 122 valence electrons. The Labute approximate surface area is 163 Å². The van der Waals surface area contributed by atoms with Gasteiger partial charge in [-0.25, -0.2) is 0 Å². The van der Waals surface area contributed by atoms with Gasteiger partial charge in [0, 0.05) is 7.35 Å². The number of rotatable bonds is 6. The van der Waals surface area contributed by atoms with Gasteiger partial charge in [0.15, 0.2) is 0 Å². The molecule has 2 heteroatoms. The van der Waals surface area contributed by atoms with E-state index in [-0.39, 0.29) is 0 Å². The van der Waals surface area contributed by atoms with Gasteiger partial charge in [0.1, 0.15) is 0 Å². The Morgan fingerprint density at radius 3 is 2.41 bits per heavy atom. The van der Waals surface area contributed by atoms with Gasteiger partial charge in [-0.2, -0.15) is 0 Å². The molecule has 0 aromatic heterocycles. The number of allylic oxidation sites excluding steroid dienone is 2. The van der Waals surface area contributed by atoms with E-state index in [1.54, 1.807) is 5.57 Å². The van der Waals surface area contributed by atoms with Gasteiger partial charge in [-0.1, -0.05) is 108 Å². The Bertz CT molecular complexity index is 484. The Balaban J connectivity index is 2.02. The minimum absolute atomic E-state index is 0.402. The van der Waals surface area contributed by atoms with E-state index in [4.69, 9.17) is 0 Å². The zero-order valence-corrected chi connectivity index (χ0v) is 18.3. The summed E-state index contributed by atoms with van der Waals surface area (Å²) in [4.78, 5) is 0. The van der Waals surface area contributed by atoms with Crippen molar-refractivity contribution >= 4 is 45.2 Å². The molecule has 22 heavy (non-hydrogen) atoms. The second kappa shape index (κ2) is 8.50. The van der Waals surface area contributed by atoms with Crippen LogP contribution in [-0.4, -0.2) is 7.35 Å². The van der Waals surface area contributed by atoms with E-state index in [0.717, 1.165) is 15.8 Å². The summed E-state index contributed by atoms with van der Waals surface area (Å²) in [5.41, 5.74) is 3.25. The summed E-state index contributed by atoms with van der Waals surface area (Å²) in [7, 11) is 0. The Morgan fingerprint density at radius 1 is 1.23 bits per heavy atom. The van der Waals surface area contributed by atoms with Crippen molar-refractivity contribution in [3.63, 3.8) is 0 Å². The molecule has 1 aliphatic carbocycles. The van der Waals surface area contributed by atoms with Crippen LogP contribution in [0.4, 0.5) is 0 Å². The van der Waals surface area contributed by atoms with Crippen molar-refractivity contribution in [1.29, 1.82) is 0 Å². The Hall–Kier alpha value is 0.420. The third-order valence-corrected chi connectivity index (χ3v) is 6.50. The molecule has 0 saturated carbocycles. The summed E-state index contributed by atoms with van der Waals surface area (Å²) in [5.74, 6) is 1.50. The van der Waals surface area contributed by atoms with Crippen molar-refractivity contribution in [2.75, 3.05) is 0 Å². The fourth-order valence-corrected chi connectivity index (χ4v) is 6.96. The van der Waals surface area contributed by atoms with Crippen LogP contribution in [-0.2, 0) is 0 Å². The average molecular weight is 522 g/mol. The smallest absolute Gasteiger partial charge is 0.0187 e. The number of hydrogen-bond donors (Lipinski definition) is 0. The molecular weight excluding hydrogens is 494 g/mol. The molecule has 0 amide bonds. The molecule has 3 atom stereocenters. The maximum absolute atomic E-state index is 2.70. The molecule has 0 saturated heterocycles. The van der Waals surface area contributed by atoms with Crippen molar-refractivity contribution in [3.05, 3.63) is 47.5 Å². The van der Waals surface area contributed by atoms with Gasteiger partial charge in [-0.15, -0.1) is 0 Å². The van der Waals surface area contributed by atoms with E-state index in [1.807, 2.05) is 0 Å². The molecule has 0 heterocycles. The number of hydrogen-bond acceptors (Lipinski definition) is 0. The first-order valence-corrected chi connectivity index (χ1v) is 10.8. The van der Waals surface area contributed by atoms with Crippen molar-refractivity contribution < 1.29 is 0 Å². The predicted molar refractivity (Wildman–Crippen MR) is 115 cm³/mol. The van der Waals surface area contributed by atoms with E-state index < -0.39 is 0 Å². The summed E-state index contributed by atoms with van der Waals surface area (Å²) in [6.45, 7) is 7.07. The monoisotopic (exact) mass is 522 g/mol. The van der Waals surface area contributed by atoms with Crippen LogP contribution in [0.15, 0.2) is 42.0 Å². The Kier molecular flexibility index (Phi) is 7.24. The molecule has 0 spiro atoms. The zero-order valence-electron chi connectivity index (χ0n) is 14.0. The topological polar surface area (TPSA) is 0 Å². The fraction of sp³-hybridized carbons (Fsp3) is 0.600. The van der Waals surface area contributed by atoms with Crippen molar-refractivity contribution in [2.45, 2.75) is 66.1 Å². The van der Waals surface area contributed by atoms with Crippen molar-refractivity contribution in [3.8, 4) is 0 Å². The molecule has 2 rings (SSSR count). The van der Waals surface area contributed by atoms with Gasteiger partial charge >= 0.3 is 0 Å². The normalized spacial score (nSPS) is 22.0. The van der Waals surface area contributed by atoms with E-state index in [0.29, 0.717) is 3.42 Å². The van der Waals surface area contributed by atoms with E-state index >= 15 is 0 Å². The maximum atomic E-state index is 2.70. The third kappa shape index (κ3) is 5.50. The minimum Gasteiger partial charge on any atom is -0.0844 e. The minimum atomic E-state index is 0.402. The lowest BCUT2D eigenvalue weighted by molar-refractivity contribution is 0.474. The molecule has 1 aliphatic rings. The highest BCUT2D eigenvalue weighted by molar-refractivity contribution is 14.1. The van der Waals surface area contributed by atoms with Crippen LogP contribution in [0.3, 0.4) is 0 Å². The lowest BCUT2D eigenvalue weighted by Crippen LogP contribution is -2.25. The van der Waals surface area contributed by atoms with Gasteiger partial charge in [-0.3, -0.25) is 0 Å². The van der Waals surface area contributed by atoms with E-state index in [9.17, 15) is 0 Å². The van der Waals surface area contributed by atoms with Gasteiger partial charge < -0.3 is 0 Å². The lowest BCUT2D eigenvalue weighted by Gasteiger charge is -2.32. The molecule has 0 aliphatic heterocycles. The molecule has 1 aromatic carbocycles. The van der Waals surface area contributed by atoms with E-state index in [1.165, 1.54) is 37.7 Å². The summed E-state index contributed by atoms with van der Waals surface area (Å²) >= 11 is 5.30. The van der Waals surface area contributed by atoms with Crippen LogP contribution in [0.2, 0.25) is 0 Å². The quantitative estimate of drug-likeness (QED) is 0.209. The highest BCUT2D eigenvalue weighted by Gasteiger charge is 2.28. The number of benzene rings is 1. The van der Waals surface area contributed by atoms with Crippen LogP contribution >= 0.6 is 45.2 Å². The Morgan fingerprint density at radius 2 is 1.91 bits per heavy atom. The van der Waals surface area contributed by atoms with Gasteiger partial charge in [0.2, 0.25) is 0 Å². The van der Waals surface area contributed by atoms with Crippen LogP contribution in [0.1, 0.15) is 64.4 Å². The first kappa shape index (κ1) is 18.8. The number of halogens is 2. The summed E-state index contributed by atoms with van der Waals surface area (Å²) < 4.78 is 1.16. The predicted octanol–water partition coefficient (Wildman–Crippen LogP) is 7.31. The third-order valence-electron chi connectivity index (χ3n) is 4.75. The summed E-state index contributed by atoms with van der Waals surface area (Å²) in [6, 6.07) is 11.0. The molecule has 1 aromatic rings. The second-order valence-corrected chi connectivity index (χ2v) is 11.6. The van der Waals surface area contributed by atoms with Crippen LogP contribution in [0.25, 0.3) is 0 Å². The van der Waals surface area contributed by atoms with Crippen molar-refractivity contribution in [1.82, 2.24) is 0 Å². The molecule has 0 fully saturated rings. The highest BCUT2D eigenvalue weighted by atomic mass is 127. The largest absolute Gasteiger partial charge is 0.0844 e. The molecule has 0 N–H and O–H groups in total. The molecule has 0 bridgehead atoms. The number of alkyl halides is 2. The fourth-order valence-electron chi connectivity index (χ4n) is 3.58. The van der Waals surface area contributed by atoms with Gasteiger partial charge in [0.05, 0.1) is 0 Å². The summed E-state index contributed by atoms with van der Waals surface area (Å²) in [6.07, 6.45) is 8.99. The van der Waals surface area contributed by atoms with Crippen LogP contribution < -0.4 is 0 Å². The molecular formula is C20H28I2. The summed E-state index contributed by atoms with van der Waals surface area (Å²) in [5, 5.41) is 0. The van der Waals surface area contributed by atoms with Gasteiger partial charge in [-0.05, 0) is 49.5 Å².